The van der Waals surface area contributed by atoms with E-state index in [0.717, 1.165) is 64.5 Å². The number of rotatable bonds is 21. The van der Waals surface area contributed by atoms with Crippen LogP contribution in [0.15, 0.2) is 150 Å². The second-order valence-electron chi connectivity index (χ2n) is 19.2. The summed E-state index contributed by atoms with van der Waals surface area (Å²) in [5, 5.41) is 32.8. The van der Waals surface area contributed by atoms with Crippen LogP contribution in [0.2, 0.25) is 0 Å². The molecule has 7 rings (SSSR count). The van der Waals surface area contributed by atoms with Crippen molar-refractivity contribution in [2.45, 2.75) is 88.1 Å². The van der Waals surface area contributed by atoms with Crippen molar-refractivity contribution in [3.05, 3.63) is 162 Å². The second-order valence-corrected chi connectivity index (χ2v) is 19.2. The first-order chi connectivity index (χ1) is 38.6. The van der Waals surface area contributed by atoms with Crippen molar-refractivity contribution in [2.24, 2.45) is 9.98 Å². The molecule has 0 aliphatic heterocycles. The Kier molecular flexibility index (Phi) is 26.7. The Bertz CT molecular complexity index is 2720. The molecule has 2 amide bonds. The molecule has 0 atom stereocenters. The topological polar surface area (TPSA) is 216 Å². The number of guanidine groups is 1. The minimum atomic E-state index is -0.187. The second kappa shape index (κ2) is 34.0. The van der Waals surface area contributed by atoms with E-state index >= 15 is 0 Å². The molecule has 420 valence electrons. The van der Waals surface area contributed by atoms with Crippen LogP contribution in [0.3, 0.4) is 0 Å². The number of amidine groups is 1. The van der Waals surface area contributed by atoms with Crippen molar-refractivity contribution in [3.8, 4) is 29.6 Å². The molecular weight excluding hydrogens is 997 g/mol. The fourth-order valence-corrected chi connectivity index (χ4v) is 10.2. The van der Waals surface area contributed by atoms with Crippen molar-refractivity contribution in [1.82, 2.24) is 31.5 Å². The highest BCUT2D eigenvalue weighted by Crippen LogP contribution is 2.41. The van der Waals surface area contributed by atoms with Crippen LogP contribution in [0, 0.1) is 22.9 Å². The SMILES string of the molecule is CCN=C(NC#N)N(CCOC)C1CCC(CNC(=O)c2ccccc2OC)(c2ccccc2)CC1.CCN=C(NC#N)Oc1ccccc1.COCCNC1CCC(CNC(=O)c2ccccc2OC)(c2ccccc2)CC1. The smallest absolute Gasteiger partial charge is 0.303 e. The number of nitrogens with one attached hydrogen (secondary N) is 5. The third-order valence-electron chi connectivity index (χ3n) is 14.4. The number of para-hydroxylation sites is 3. The molecule has 0 aromatic heterocycles. The zero-order valence-electron chi connectivity index (χ0n) is 46.8. The molecule has 2 aliphatic carbocycles. The fraction of sp³-hybridized carbons (Fsp3) is 0.419. The lowest BCUT2D eigenvalue weighted by molar-refractivity contribution is 0.0916. The summed E-state index contributed by atoms with van der Waals surface area (Å²) in [7, 11) is 6.58. The van der Waals surface area contributed by atoms with Gasteiger partial charge in [0, 0.05) is 76.4 Å². The Hall–Kier alpha value is -7.96. The molecule has 0 unspecified atom stereocenters. The van der Waals surface area contributed by atoms with Gasteiger partial charge in [0.15, 0.2) is 12.4 Å². The van der Waals surface area contributed by atoms with E-state index in [1.807, 2.05) is 80.7 Å². The highest BCUT2D eigenvalue weighted by atomic mass is 16.5. The lowest BCUT2D eigenvalue weighted by Gasteiger charge is -2.44. The predicted octanol–water partition coefficient (Wildman–Crippen LogP) is 8.75. The van der Waals surface area contributed by atoms with Crippen LogP contribution in [0.4, 0.5) is 0 Å². The number of carbonyl (C=O) groups excluding carboxylic acids is 2. The van der Waals surface area contributed by atoms with Gasteiger partial charge in [-0.15, -0.1) is 0 Å². The van der Waals surface area contributed by atoms with Crippen LogP contribution in [0.5, 0.6) is 17.2 Å². The average molecular weight is 1080 g/mol. The summed E-state index contributed by atoms with van der Waals surface area (Å²) in [4.78, 5) is 36.6. The van der Waals surface area contributed by atoms with Gasteiger partial charge >= 0.3 is 6.02 Å². The maximum Gasteiger partial charge on any atom is 0.303 e. The summed E-state index contributed by atoms with van der Waals surface area (Å²) < 4.78 is 26.5. The van der Waals surface area contributed by atoms with E-state index in [1.54, 1.807) is 65.0 Å². The molecule has 0 heterocycles. The highest BCUT2D eigenvalue weighted by Gasteiger charge is 2.40. The number of amides is 2. The third-order valence-corrected chi connectivity index (χ3v) is 14.4. The van der Waals surface area contributed by atoms with Gasteiger partial charge in [-0.1, -0.05) is 103 Å². The number of hydrogen-bond acceptors (Lipinski definition) is 12. The van der Waals surface area contributed by atoms with E-state index in [0.29, 0.717) is 79.7 Å². The molecule has 0 spiro atoms. The van der Waals surface area contributed by atoms with Crippen molar-refractivity contribution < 1.29 is 33.3 Å². The maximum atomic E-state index is 13.1. The van der Waals surface area contributed by atoms with E-state index in [9.17, 15) is 14.9 Å². The van der Waals surface area contributed by atoms with Crippen molar-refractivity contribution in [2.75, 3.05) is 80.9 Å². The molecular formula is C62H80N10O7. The van der Waals surface area contributed by atoms with Gasteiger partial charge < -0.3 is 44.5 Å². The molecule has 5 aromatic carbocycles. The van der Waals surface area contributed by atoms with Crippen LogP contribution >= 0.6 is 0 Å². The molecule has 0 bridgehead atoms. The summed E-state index contributed by atoms with van der Waals surface area (Å²) in [6.45, 7) is 8.94. The highest BCUT2D eigenvalue weighted by molar-refractivity contribution is 5.97. The Labute approximate surface area is 467 Å². The zero-order valence-corrected chi connectivity index (χ0v) is 46.8. The first-order valence-corrected chi connectivity index (χ1v) is 27.2. The van der Waals surface area contributed by atoms with Gasteiger partial charge in [-0.3, -0.25) is 19.9 Å². The van der Waals surface area contributed by atoms with E-state index < -0.39 is 0 Å². The van der Waals surface area contributed by atoms with Gasteiger partial charge in [0.2, 0.25) is 5.96 Å². The Morgan fingerprint density at radius 2 is 1.05 bits per heavy atom. The third kappa shape index (κ3) is 18.9. The number of benzene rings is 5. The van der Waals surface area contributed by atoms with E-state index in [1.165, 1.54) is 11.1 Å². The summed E-state index contributed by atoms with van der Waals surface area (Å²) in [5.74, 6) is 2.19. The molecule has 2 fully saturated rings. The summed E-state index contributed by atoms with van der Waals surface area (Å²) >= 11 is 0. The lowest BCUT2D eigenvalue weighted by atomic mass is 9.67. The number of nitriles is 2. The number of hydrogen-bond donors (Lipinski definition) is 5. The molecule has 0 radical (unpaired) electrons. The fourth-order valence-electron chi connectivity index (χ4n) is 10.2. The molecule has 2 aliphatic rings. The zero-order chi connectivity index (χ0) is 56.6. The normalized spacial score (nSPS) is 18.7. The van der Waals surface area contributed by atoms with Crippen LogP contribution in [0.1, 0.15) is 97.1 Å². The molecule has 17 heteroatoms. The van der Waals surface area contributed by atoms with Crippen molar-refractivity contribution in [1.29, 1.82) is 10.5 Å². The minimum Gasteiger partial charge on any atom is -0.496 e. The Morgan fingerprint density at radius 1 is 0.595 bits per heavy atom. The van der Waals surface area contributed by atoms with E-state index in [2.05, 4.69) is 90.0 Å². The lowest BCUT2D eigenvalue weighted by Crippen LogP contribution is -2.52. The molecule has 5 aromatic rings. The molecule has 79 heavy (non-hydrogen) atoms. The number of carbonyl (C=O) groups is 2. The number of ether oxygens (including phenoxy) is 5. The summed E-state index contributed by atoms with van der Waals surface area (Å²) in [6.07, 6.45) is 11.6. The summed E-state index contributed by atoms with van der Waals surface area (Å²) in [6, 6.07) is 45.8. The van der Waals surface area contributed by atoms with Crippen molar-refractivity contribution in [3.63, 3.8) is 0 Å². The molecule has 5 N–H and O–H groups in total. The van der Waals surface area contributed by atoms with Gasteiger partial charge in [-0.25, -0.2) is 10.3 Å². The molecule has 2 saturated carbocycles. The van der Waals surface area contributed by atoms with Gasteiger partial charge in [0.05, 0.1) is 38.6 Å². The van der Waals surface area contributed by atoms with Gasteiger partial charge in [-0.2, -0.15) is 10.5 Å². The van der Waals surface area contributed by atoms with Gasteiger partial charge in [-0.05, 0) is 113 Å². The average Bonchev–Trinajstić information content (AvgIpc) is 3.55. The van der Waals surface area contributed by atoms with Gasteiger partial charge in [0.25, 0.3) is 11.8 Å². The maximum absolute atomic E-state index is 13.1. The van der Waals surface area contributed by atoms with E-state index in [4.69, 9.17) is 28.9 Å². The first kappa shape index (κ1) is 61.9. The minimum absolute atomic E-state index is 0.0433. The predicted molar refractivity (Wildman–Crippen MR) is 310 cm³/mol. The Balaban J connectivity index is 0.000000238. The van der Waals surface area contributed by atoms with Crippen molar-refractivity contribution >= 4 is 23.8 Å². The largest absolute Gasteiger partial charge is 0.496 e. The van der Waals surface area contributed by atoms with Crippen LogP contribution < -0.4 is 40.8 Å². The number of aliphatic imine (C=N–C) groups is 2. The molecule has 17 nitrogen and oxygen atoms in total. The monoisotopic (exact) mass is 1080 g/mol. The van der Waals surface area contributed by atoms with Crippen LogP contribution in [-0.2, 0) is 20.3 Å². The quantitative estimate of drug-likeness (QED) is 0.0153. The van der Waals surface area contributed by atoms with Gasteiger partial charge in [0.1, 0.15) is 17.2 Å². The van der Waals surface area contributed by atoms with E-state index in [-0.39, 0.29) is 34.7 Å². The number of nitrogens with zero attached hydrogens (tertiary/aromatic N) is 5. The summed E-state index contributed by atoms with van der Waals surface area (Å²) in [5.41, 5.74) is 3.41. The molecule has 0 saturated heterocycles. The number of methoxy groups -OCH3 is 4. The van der Waals surface area contributed by atoms with Crippen LogP contribution in [0.25, 0.3) is 0 Å². The van der Waals surface area contributed by atoms with Crippen LogP contribution in [-0.4, -0.2) is 122 Å². The Morgan fingerprint density at radius 3 is 1.51 bits per heavy atom. The standard InChI is InChI=1S/C28H37N5O3.C24H32N2O3.C10H11N3O/c1-4-30-27(32-21-29)33(18-19-35-2)23-14-16-28(17-15-23,22-10-6-5-7-11-22)20-31-26(34)24-12-8-9-13-25(24)36-3;1-28-17-16-25-20-12-14-24(15-13-20,19-8-4-3-5-9-19)18-26-23(27)21-10-6-7-11-22(21)29-2;1-2-12-10(13-8-11)14-9-6-4-3-5-7-9/h5-13,23H,4,14-20H2,1-3H3,(H,30,32)(H,31,34);3-11,20,25H,12-18H2,1-2H3,(H,26,27);3-7H,2H2,1H3,(H,12,13). The first-order valence-electron chi connectivity index (χ1n) is 27.2.